The van der Waals surface area contributed by atoms with Crippen LogP contribution in [-0.4, -0.2) is 30.0 Å². The molecule has 0 aromatic rings. The summed E-state index contributed by atoms with van der Waals surface area (Å²) in [6.07, 6.45) is 6.42. The van der Waals surface area contributed by atoms with Crippen LogP contribution in [0.3, 0.4) is 0 Å². The predicted molar refractivity (Wildman–Crippen MR) is 77.9 cm³/mol. The third kappa shape index (κ3) is 2.70. The molecule has 0 saturated heterocycles. The van der Waals surface area contributed by atoms with Gasteiger partial charge in [0.05, 0.1) is 11.7 Å². The molecule has 19 heavy (non-hydrogen) atoms. The summed E-state index contributed by atoms with van der Waals surface area (Å²) in [5.41, 5.74) is 5.46. The molecule has 2 fully saturated rings. The summed E-state index contributed by atoms with van der Waals surface area (Å²) >= 11 is 0. The van der Waals surface area contributed by atoms with Gasteiger partial charge < -0.3 is 15.6 Å². The normalized spacial score (nSPS) is 43.3. The van der Waals surface area contributed by atoms with Gasteiger partial charge in [-0.3, -0.25) is 0 Å². The molecule has 2 aliphatic rings. The molecule has 0 unspecified atom stereocenters. The average Bonchev–Trinajstić information content (AvgIpc) is 2.37. The molecule has 0 spiro atoms. The smallest absolute Gasteiger partial charge is 0.0765 e. The second-order valence-electron chi connectivity index (χ2n) is 7.08. The van der Waals surface area contributed by atoms with Crippen LogP contribution in [0.25, 0.3) is 0 Å². The van der Waals surface area contributed by atoms with E-state index in [1.54, 1.807) is 0 Å². The fourth-order valence-electron chi connectivity index (χ4n) is 4.20. The van der Waals surface area contributed by atoms with Crippen molar-refractivity contribution in [3.63, 3.8) is 0 Å². The van der Waals surface area contributed by atoms with Crippen molar-refractivity contribution >= 4 is 0 Å². The highest BCUT2D eigenvalue weighted by molar-refractivity contribution is 5.09. The minimum absolute atomic E-state index is 0.0496. The van der Waals surface area contributed by atoms with Crippen molar-refractivity contribution < 1.29 is 9.84 Å². The quantitative estimate of drug-likeness (QED) is 0.807. The fraction of sp³-hybridized carbons (Fsp3) is 1.00. The van der Waals surface area contributed by atoms with E-state index < -0.39 is 5.60 Å². The molecule has 0 amide bonds. The molecule has 3 N–H and O–H groups in total. The first kappa shape index (κ1) is 15.3. The van der Waals surface area contributed by atoms with Crippen LogP contribution in [0, 0.1) is 17.3 Å². The summed E-state index contributed by atoms with van der Waals surface area (Å²) in [4.78, 5) is 0. The van der Waals surface area contributed by atoms with Gasteiger partial charge in [-0.25, -0.2) is 0 Å². The fourth-order valence-corrected chi connectivity index (χ4v) is 4.20. The second-order valence-corrected chi connectivity index (χ2v) is 7.08. The first-order valence-electron chi connectivity index (χ1n) is 8.00. The Morgan fingerprint density at radius 1 is 1.26 bits per heavy atom. The van der Waals surface area contributed by atoms with Crippen LogP contribution in [0.15, 0.2) is 0 Å². The Hall–Kier alpha value is -0.120. The Balaban J connectivity index is 1.97. The molecule has 112 valence electrons. The Bertz CT molecular complexity index is 289. The lowest BCUT2D eigenvalue weighted by molar-refractivity contribution is -0.211. The predicted octanol–water partition coefficient (Wildman–Crippen LogP) is 2.71. The highest BCUT2D eigenvalue weighted by Crippen LogP contribution is 2.55. The number of nitrogens with two attached hydrogens (primary N) is 1. The van der Waals surface area contributed by atoms with E-state index in [0.717, 1.165) is 44.1 Å². The van der Waals surface area contributed by atoms with Gasteiger partial charge >= 0.3 is 0 Å². The Morgan fingerprint density at radius 3 is 2.26 bits per heavy atom. The standard InChI is InChI=1S/C16H31NO2/c1-4-19-14-9-16(18,10-14)15(11-17)7-5-13(6-8-15)12(2)3/h12-14,18H,4-11,17H2,1-3H3. The molecule has 0 aromatic carbocycles. The lowest BCUT2D eigenvalue weighted by atomic mass is 9.53. The summed E-state index contributed by atoms with van der Waals surface area (Å²) in [6.45, 7) is 8.00. The summed E-state index contributed by atoms with van der Waals surface area (Å²) in [6, 6.07) is 0. The Labute approximate surface area is 117 Å². The molecule has 3 nitrogen and oxygen atoms in total. The third-order valence-corrected chi connectivity index (χ3v) is 5.84. The van der Waals surface area contributed by atoms with Crippen molar-refractivity contribution in [2.75, 3.05) is 13.2 Å². The van der Waals surface area contributed by atoms with Crippen LogP contribution in [0.2, 0.25) is 0 Å². The van der Waals surface area contributed by atoms with Crippen LogP contribution in [0.1, 0.15) is 59.3 Å². The molecule has 3 heteroatoms. The lowest BCUT2D eigenvalue weighted by Gasteiger charge is -2.57. The highest BCUT2D eigenvalue weighted by atomic mass is 16.5. The van der Waals surface area contributed by atoms with E-state index in [0.29, 0.717) is 6.54 Å². The van der Waals surface area contributed by atoms with Gasteiger partial charge in [0.15, 0.2) is 0 Å². The average molecular weight is 269 g/mol. The molecule has 0 radical (unpaired) electrons. The minimum atomic E-state index is -0.566. The molecule has 2 rings (SSSR count). The van der Waals surface area contributed by atoms with Crippen molar-refractivity contribution in [1.29, 1.82) is 0 Å². The Kier molecular flexibility index (Phi) is 4.59. The van der Waals surface area contributed by atoms with Gasteiger partial charge in [-0.15, -0.1) is 0 Å². The molecular formula is C16H31NO2. The topological polar surface area (TPSA) is 55.5 Å². The molecule has 2 saturated carbocycles. The van der Waals surface area contributed by atoms with Crippen molar-refractivity contribution in [3.8, 4) is 0 Å². The minimum Gasteiger partial charge on any atom is -0.389 e. The monoisotopic (exact) mass is 269 g/mol. The Morgan fingerprint density at radius 2 is 1.84 bits per heavy atom. The van der Waals surface area contributed by atoms with Crippen LogP contribution < -0.4 is 5.73 Å². The maximum Gasteiger partial charge on any atom is 0.0765 e. The van der Waals surface area contributed by atoms with E-state index in [4.69, 9.17) is 10.5 Å². The zero-order valence-corrected chi connectivity index (χ0v) is 12.8. The molecule has 0 heterocycles. The van der Waals surface area contributed by atoms with Gasteiger partial charge in [0.25, 0.3) is 0 Å². The second kappa shape index (κ2) is 5.71. The van der Waals surface area contributed by atoms with Gasteiger partial charge in [0.2, 0.25) is 0 Å². The molecule has 0 bridgehead atoms. The van der Waals surface area contributed by atoms with E-state index in [1.807, 2.05) is 6.92 Å². The van der Waals surface area contributed by atoms with Gasteiger partial charge in [-0.1, -0.05) is 13.8 Å². The molecular weight excluding hydrogens is 238 g/mol. The zero-order valence-electron chi connectivity index (χ0n) is 12.8. The van der Waals surface area contributed by atoms with Crippen LogP contribution in [0.5, 0.6) is 0 Å². The van der Waals surface area contributed by atoms with Gasteiger partial charge in [0.1, 0.15) is 0 Å². The summed E-state index contributed by atoms with van der Waals surface area (Å²) in [5.74, 6) is 1.56. The van der Waals surface area contributed by atoms with Gasteiger partial charge in [-0.05, 0) is 44.4 Å². The molecule has 2 aliphatic carbocycles. The zero-order chi connectivity index (χ0) is 14.1. The maximum absolute atomic E-state index is 10.9. The van der Waals surface area contributed by atoms with Crippen LogP contribution >= 0.6 is 0 Å². The van der Waals surface area contributed by atoms with E-state index in [9.17, 15) is 5.11 Å². The molecule has 0 atom stereocenters. The highest BCUT2D eigenvalue weighted by Gasteiger charge is 2.57. The number of aliphatic hydroxyl groups is 1. The van der Waals surface area contributed by atoms with Gasteiger partial charge in [-0.2, -0.15) is 0 Å². The van der Waals surface area contributed by atoms with Crippen molar-refractivity contribution in [2.45, 2.75) is 71.0 Å². The lowest BCUT2D eigenvalue weighted by Crippen LogP contribution is -2.63. The van der Waals surface area contributed by atoms with E-state index in [-0.39, 0.29) is 11.5 Å². The first-order valence-corrected chi connectivity index (χ1v) is 8.00. The molecule has 0 aromatic heterocycles. The van der Waals surface area contributed by atoms with Crippen LogP contribution in [-0.2, 0) is 4.74 Å². The number of ether oxygens (including phenoxy) is 1. The third-order valence-electron chi connectivity index (χ3n) is 5.84. The first-order chi connectivity index (χ1) is 8.96. The largest absolute Gasteiger partial charge is 0.389 e. The number of hydrogen-bond donors (Lipinski definition) is 2. The maximum atomic E-state index is 10.9. The number of hydrogen-bond acceptors (Lipinski definition) is 3. The van der Waals surface area contributed by atoms with E-state index in [2.05, 4.69) is 13.8 Å². The summed E-state index contributed by atoms with van der Waals surface area (Å²) in [7, 11) is 0. The molecule has 0 aliphatic heterocycles. The van der Waals surface area contributed by atoms with Gasteiger partial charge in [0, 0.05) is 31.4 Å². The number of rotatable bonds is 5. The van der Waals surface area contributed by atoms with E-state index >= 15 is 0 Å². The van der Waals surface area contributed by atoms with Crippen LogP contribution in [0.4, 0.5) is 0 Å². The van der Waals surface area contributed by atoms with Crippen molar-refractivity contribution in [3.05, 3.63) is 0 Å². The SMILES string of the molecule is CCOC1CC(O)(C2(CN)CCC(C(C)C)CC2)C1. The van der Waals surface area contributed by atoms with Crippen molar-refractivity contribution in [1.82, 2.24) is 0 Å². The van der Waals surface area contributed by atoms with Crippen molar-refractivity contribution in [2.24, 2.45) is 23.0 Å². The summed E-state index contributed by atoms with van der Waals surface area (Å²) < 4.78 is 5.61. The summed E-state index contributed by atoms with van der Waals surface area (Å²) in [5, 5.41) is 10.9. The van der Waals surface area contributed by atoms with E-state index in [1.165, 1.54) is 12.8 Å².